The van der Waals surface area contributed by atoms with Crippen LogP contribution in [-0.4, -0.2) is 21.6 Å². The van der Waals surface area contributed by atoms with Crippen LogP contribution in [0.15, 0.2) is 34.3 Å². The number of benzene rings is 1. The summed E-state index contributed by atoms with van der Waals surface area (Å²) >= 11 is 36.2. The maximum Gasteiger partial charge on any atom is 0.250 e. The van der Waals surface area contributed by atoms with Gasteiger partial charge in [0.2, 0.25) is 7.59 Å². The van der Waals surface area contributed by atoms with E-state index >= 15 is 0 Å². The lowest BCUT2D eigenvalue weighted by atomic mass is 10.3. The zero-order chi connectivity index (χ0) is 18.0. The minimum Gasteiger partial charge on any atom is -0.494 e. The Hall–Kier alpha value is 0.120. The molecule has 11 heteroatoms. The monoisotopic (exact) mass is 465 g/mol. The number of rotatable bonds is 4. The van der Waals surface area contributed by atoms with Gasteiger partial charge in [0.15, 0.2) is 16.8 Å². The third kappa shape index (κ3) is 5.84. The fourth-order valence-corrected chi connectivity index (χ4v) is 2.79. The maximum absolute atomic E-state index is 5.83. The van der Waals surface area contributed by atoms with Crippen LogP contribution in [0.4, 0.5) is 0 Å². The van der Waals surface area contributed by atoms with Crippen LogP contribution in [0.5, 0.6) is 5.75 Å². The molecular weight excluding hydrogens is 459 g/mol. The van der Waals surface area contributed by atoms with Crippen molar-refractivity contribution in [3.63, 3.8) is 0 Å². The number of nitrogens with zero attached hydrogens (tertiary/aromatic N) is 3. The van der Waals surface area contributed by atoms with E-state index < -0.39 is 7.59 Å². The Labute approximate surface area is 173 Å². The Morgan fingerprint density at radius 1 is 0.875 bits per heavy atom. The van der Waals surface area contributed by atoms with Crippen molar-refractivity contribution < 1.29 is 4.74 Å². The van der Waals surface area contributed by atoms with Crippen molar-refractivity contribution in [1.82, 2.24) is 15.0 Å². The summed E-state index contributed by atoms with van der Waals surface area (Å²) in [6.07, 6.45) is 0. The minimum atomic E-state index is -1.87. The molecule has 130 valence electrons. The van der Waals surface area contributed by atoms with E-state index in [1.807, 2.05) is 31.2 Å². The summed E-state index contributed by atoms with van der Waals surface area (Å²) in [5.41, 5.74) is 0. The molecule has 0 amide bonds. The van der Waals surface area contributed by atoms with Gasteiger partial charge in [-0.15, -0.1) is 0 Å². The van der Waals surface area contributed by atoms with Crippen molar-refractivity contribution in [2.24, 2.45) is 0 Å². The molecule has 0 saturated heterocycles. The van der Waals surface area contributed by atoms with E-state index in [9.17, 15) is 0 Å². The summed E-state index contributed by atoms with van der Waals surface area (Å²) in [5, 5.41) is 0.233. The first-order chi connectivity index (χ1) is 11.1. The zero-order valence-corrected chi connectivity index (χ0v) is 17.3. The molecule has 0 fully saturated rings. The predicted molar refractivity (Wildman–Crippen MR) is 100 cm³/mol. The van der Waals surface area contributed by atoms with Gasteiger partial charge in [0.05, 0.1) is 6.61 Å². The summed E-state index contributed by atoms with van der Waals surface area (Å²) in [7, 11) is 0. The molecule has 0 aliphatic rings. The molecule has 2 rings (SSSR count). The molecule has 0 bridgehead atoms. The summed E-state index contributed by atoms with van der Waals surface area (Å²) in [5.74, 6) is 0.496. The zero-order valence-electron chi connectivity index (χ0n) is 11.9. The van der Waals surface area contributed by atoms with Crippen molar-refractivity contribution in [2.45, 2.75) is 24.6 Å². The lowest BCUT2D eigenvalue weighted by Gasteiger charge is -2.15. The molecular formula is C13H9Cl6N3OS. The van der Waals surface area contributed by atoms with Crippen LogP contribution in [0.25, 0.3) is 0 Å². The third-order valence-electron chi connectivity index (χ3n) is 2.47. The summed E-state index contributed by atoms with van der Waals surface area (Å²) in [6, 6.07) is 7.31. The fourth-order valence-electron chi connectivity index (χ4n) is 1.53. The lowest BCUT2D eigenvalue weighted by Crippen LogP contribution is -2.16. The van der Waals surface area contributed by atoms with Crippen molar-refractivity contribution in [2.75, 3.05) is 6.61 Å². The van der Waals surface area contributed by atoms with Gasteiger partial charge in [-0.2, -0.15) is 0 Å². The van der Waals surface area contributed by atoms with Gasteiger partial charge in [0, 0.05) is 4.90 Å². The van der Waals surface area contributed by atoms with Crippen LogP contribution in [0.3, 0.4) is 0 Å². The van der Waals surface area contributed by atoms with Gasteiger partial charge in [-0.3, -0.25) is 0 Å². The highest BCUT2D eigenvalue weighted by atomic mass is 35.6. The molecule has 1 heterocycles. The number of ether oxygens (including phenoxy) is 1. The van der Waals surface area contributed by atoms with E-state index in [-0.39, 0.29) is 16.8 Å². The van der Waals surface area contributed by atoms with Gasteiger partial charge in [-0.1, -0.05) is 69.6 Å². The van der Waals surface area contributed by atoms with Crippen molar-refractivity contribution in [1.29, 1.82) is 0 Å². The van der Waals surface area contributed by atoms with Crippen LogP contribution < -0.4 is 4.74 Å². The van der Waals surface area contributed by atoms with Crippen LogP contribution >= 0.6 is 81.4 Å². The Bertz CT molecular complexity index is 670. The van der Waals surface area contributed by atoms with Gasteiger partial charge in [0.1, 0.15) is 5.75 Å². The quantitative estimate of drug-likeness (QED) is 0.510. The average Bonchev–Trinajstić information content (AvgIpc) is 2.47. The van der Waals surface area contributed by atoms with E-state index in [4.69, 9.17) is 74.3 Å². The first-order valence-corrected chi connectivity index (χ1v) is 9.49. The Morgan fingerprint density at radius 2 is 1.38 bits per heavy atom. The van der Waals surface area contributed by atoms with Crippen molar-refractivity contribution in [3.8, 4) is 5.75 Å². The molecule has 1 aromatic heterocycles. The SMILES string of the molecule is CCOc1ccc(Sc2nc(C(Cl)(Cl)Cl)nc(C(Cl)(Cl)Cl)n2)cc1. The highest BCUT2D eigenvalue weighted by molar-refractivity contribution is 7.99. The topological polar surface area (TPSA) is 47.9 Å². The second-order valence-corrected chi connectivity index (χ2v) is 9.87. The number of hydrogen-bond donors (Lipinski definition) is 0. The highest BCUT2D eigenvalue weighted by Crippen LogP contribution is 2.41. The second kappa shape index (κ2) is 8.21. The minimum absolute atomic E-state index is 0.128. The number of hydrogen-bond acceptors (Lipinski definition) is 5. The van der Waals surface area contributed by atoms with Gasteiger partial charge < -0.3 is 4.74 Å². The molecule has 0 spiro atoms. The molecule has 0 radical (unpaired) electrons. The standard InChI is InChI=1S/C13H9Cl6N3OS/c1-2-23-7-3-5-8(6-4-7)24-11-21-9(12(14,15)16)20-10(22-11)13(17,18)19/h3-6H,2H2,1H3. The first-order valence-electron chi connectivity index (χ1n) is 6.41. The van der Waals surface area contributed by atoms with Crippen molar-refractivity contribution >= 4 is 81.4 Å². The van der Waals surface area contributed by atoms with Gasteiger partial charge in [-0.25, -0.2) is 15.0 Å². The molecule has 1 aromatic carbocycles. The number of alkyl halides is 6. The molecule has 0 aliphatic carbocycles. The summed E-state index contributed by atoms with van der Waals surface area (Å²) < 4.78 is 1.64. The van der Waals surface area contributed by atoms with Crippen molar-refractivity contribution in [3.05, 3.63) is 35.9 Å². The molecule has 0 atom stereocenters. The van der Waals surface area contributed by atoms with Crippen LogP contribution in [0, 0.1) is 0 Å². The van der Waals surface area contributed by atoms with E-state index in [0.29, 0.717) is 6.61 Å². The van der Waals surface area contributed by atoms with Gasteiger partial charge in [-0.05, 0) is 43.0 Å². The van der Waals surface area contributed by atoms with Crippen LogP contribution in [0.2, 0.25) is 0 Å². The second-order valence-electron chi connectivity index (χ2n) is 4.27. The maximum atomic E-state index is 5.83. The largest absolute Gasteiger partial charge is 0.494 e. The normalized spacial score (nSPS) is 12.3. The number of halogens is 6. The Kier molecular flexibility index (Phi) is 6.99. The lowest BCUT2D eigenvalue weighted by molar-refractivity contribution is 0.340. The van der Waals surface area contributed by atoms with E-state index in [1.165, 1.54) is 11.8 Å². The Morgan fingerprint density at radius 3 is 1.79 bits per heavy atom. The number of aromatic nitrogens is 3. The van der Waals surface area contributed by atoms with E-state index in [0.717, 1.165) is 10.6 Å². The van der Waals surface area contributed by atoms with Crippen LogP contribution in [0.1, 0.15) is 18.6 Å². The molecule has 0 saturated carbocycles. The van der Waals surface area contributed by atoms with E-state index in [2.05, 4.69) is 15.0 Å². The smallest absolute Gasteiger partial charge is 0.250 e. The van der Waals surface area contributed by atoms with Crippen LogP contribution in [-0.2, 0) is 7.59 Å². The molecule has 0 aliphatic heterocycles. The molecule has 0 unspecified atom stereocenters. The van der Waals surface area contributed by atoms with E-state index in [1.54, 1.807) is 0 Å². The summed E-state index contributed by atoms with van der Waals surface area (Å²) in [4.78, 5) is 13.0. The van der Waals surface area contributed by atoms with Gasteiger partial charge in [0.25, 0.3) is 0 Å². The Balaban J connectivity index is 2.35. The molecule has 0 N–H and O–H groups in total. The van der Waals surface area contributed by atoms with Gasteiger partial charge >= 0.3 is 0 Å². The molecule has 4 nitrogen and oxygen atoms in total. The fraction of sp³-hybridized carbons (Fsp3) is 0.308. The predicted octanol–water partition coefficient (Wildman–Crippen LogP) is 6.07. The third-order valence-corrected chi connectivity index (χ3v) is 4.35. The molecule has 2 aromatic rings. The average molecular weight is 468 g/mol. The first kappa shape index (κ1) is 20.4. The summed E-state index contributed by atoms with van der Waals surface area (Å²) in [6.45, 7) is 2.49. The molecule has 24 heavy (non-hydrogen) atoms. The highest BCUT2D eigenvalue weighted by Gasteiger charge is 2.33.